The van der Waals surface area contributed by atoms with Crippen molar-refractivity contribution in [2.24, 2.45) is 9.74 Å². The maximum Gasteiger partial charge on any atom is 0.269 e. The van der Waals surface area contributed by atoms with Gasteiger partial charge < -0.3 is 9.41 Å². The van der Waals surface area contributed by atoms with Gasteiger partial charge in [-0.05, 0) is 56.2 Å². The van der Waals surface area contributed by atoms with Crippen LogP contribution < -0.4 is 5.30 Å². The third-order valence-corrected chi connectivity index (χ3v) is 11.7. The maximum absolute atomic E-state index is 15.6. The highest BCUT2D eigenvalue weighted by atomic mass is 31.2. The molecule has 2 fully saturated rings. The van der Waals surface area contributed by atoms with Gasteiger partial charge in [0.1, 0.15) is 11.7 Å². The molecule has 7 rings (SSSR count). The predicted octanol–water partition coefficient (Wildman–Crippen LogP) is 6.10. The second-order valence-corrected chi connectivity index (χ2v) is 13.3. The van der Waals surface area contributed by atoms with Gasteiger partial charge in [-0.1, -0.05) is 30.3 Å². The van der Waals surface area contributed by atoms with E-state index in [-0.39, 0.29) is 17.5 Å². The molecule has 0 spiro atoms. The zero-order valence-corrected chi connectivity index (χ0v) is 23.9. The lowest BCUT2D eigenvalue weighted by molar-refractivity contribution is -0.384. The van der Waals surface area contributed by atoms with E-state index in [0.29, 0.717) is 49.2 Å². The van der Waals surface area contributed by atoms with E-state index in [1.165, 1.54) is 18.2 Å². The summed E-state index contributed by atoms with van der Waals surface area (Å²) in [6.07, 6.45) is 1.85. The number of nitrogens with zero attached hydrogens (tertiary/aromatic N) is 7. The van der Waals surface area contributed by atoms with Crippen LogP contribution >= 0.6 is 7.36 Å². The summed E-state index contributed by atoms with van der Waals surface area (Å²) < 4.78 is 33.5. The Morgan fingerprint density at radius 1 is 1.00 bits per heavy atom. The van der Waals surface area contributed by atoms with Gasteiger partial charge in [-0.3, -0.25) is 10.1 Å². The number of para-hydroxylation sites is 1. The third kappa shape index (κ3) is 4.45. The maximum atomic E-state index is 15.6. The molecule has 0 amide bonds. The van der Waals surface area contributed by atoms with E-state index in [2.05, 4.69) is 9.34 Å². The highest BCUT2D eigenvalue weighted by Gasteiger charge is 2.52. The lowest BCUT2D eigenvalue weighted by Crippen LogP contribution is -2.48. The third-order valence-electron chi connectivity index (χ3n) is 7.74. The lowest BCUT2D eigenvalue weighted by atomic mass is 10.2. The Labute approximate surface area is 242 Å². The number of fused-ring (bicyclic) bond motifs is 1. The topological polar surface area (TPSA) is 101 Å². The number of non-ortho nitro benzene ring substituents is 1. The molecule has 0 bridgehead atoms. The number of benzene rings is 3. The monoisotopic (exact) mass is 585 g/mol. The van der Waals surface area contributed by atoms with Crippen molar-refractivity contribution in [3.05, 3.63) is 106 Å². The van der Waals surface area contributed by atoms with Crippen molar-refractivity contribution in [1.29, 1.82) is 0 Å². The van der Waals surface area contributed by atoms with Crippen molar-refractivity contribution in [3.8, 4) is 5.69 Å². The summed E-state index contributed by atoms with van der Waals surface area (Å²) in [6.45, 7) is 4.28. The molecule has 3 aliphatic rings. The van der Waals surface area contributed by atoms with Crippen molar-refractivity contribution < 1.29 is 14.1 Å². The van der Waals surface area contributed by atoms with Crippen molar-refractivity contribution >= 4 is 35.7 Å². The molecule has 1 saturated heterocycles. The number of halogens is 1. The van der Waals surface area contributed by atoms with E-state index in [4.69, 9.17) is 19.6 Å². The summed E-state index contributed by atoms with van der Waals surface area (Å²) in [5.74, 6) is 0.799. The summed E-state index contributed by atoms with van der Waals surface area (Å²) in [6, 6.07) is 23.0. The van der Waals surface area contributed by atoms with Crippen LogP contribution in [0.3, 0.4) is 0 Å². The Kier molecular flexibility index (Phi) is 6.73. The average Bonchev–Trinajstić information content (AvgIpc) is 3.80. The van der Waals surface area contributed by atoms with E-state index in [0.717, 1.165) is 29.5 Å². The number of nitro benzene ring substituents is 1. The number of morpholine rings is 1. The predicted molar refractivity (Wildman–Crippen MR) is 160 cm³/mol. The summed E-state index contributed by atoms with van der Waals surface area (Å²) in [5.41, 5.74) is 2.65. The summed E-state index contributed by atoms with van der Waals surface area (Å²) in [4.78, 5) is 16.2. The second-order valence-electron chi connectivity index (χ2n) is 10.5. The Morgan fingerprint density at radius 3 is 2.36 bits per heavy atom. The number of hydrogen-bond donors (Lipinski definition) is 0. The number of hydrogen-bond acceptors (Lipinski definition) is 6. The molecule has 10 nitrogen and oxygen atoms in total. The van der Waals surface area contributed by atoms with Gasteiger partial charge in [0.2, 0.25) is 0 Å². The molecule has 1 atom stereocenters. The van der Waals surface area contributed by atoms with Gasteiger partial charge in [0, 0.05) is 31.3 Å². The van der Waals surface area contributed by atoms with Gasteiger partial charge >= 0.3 is 0 Å². The van der Waals surface area contributed by atoms with Gasteiger partial charge in [0.25, 0.3) is 5.69 Å². The highest BCUT2D eigenvalue weighted by molar-refractivity contribution is 7.70. The Bertz CT molecular complexity index is 1750. The molecule has 1 aromatic heterocycles. The summed E-state index contributed by atoms with van der Waals surface area (Å²) in [5, 5.41) is 17.4. The molecule has 4 aromatic rings. The zero-order chi connectivity index (χ0) is 28.8. The van der Waals surface area contributed by atoms with Crippen molar-refractivity contribution in [2.45, 2.75) is 25.8 Å². The minimum Gasteiger partial charge on any atom is -0.379 e. The molecule has 3 heterocycles. The summed E-state index contributed by atoms with van der Waals surface area (Å²) >= 11 is 0. The van der Waals surface area contributed by atoms with Crippen molar-refractivity contribution in [3.63, 3.8) is 0 Å². The number of aliphatic imine (C=N–C) groups is 1. The fraction of sp³-hybridized carbons (Fsp3) is 0.267. The number of aryl methyl sites for hydroxylation is 1. The Morgan fingerprint density at radius 2 is 1.69 bits per heavy atom. The zero-order valence-electron chi connectivity index (χ0n) is 23.0. The van der Waals surface area contributed by atoms with E-state index >= 15 is 4.39 Å². The first-order valence-corrected chi connectivity index (χ1v) is 15.6. The Hall–Kier alpha value is -4.18. The number of ether oxygens (including phenoxy) is 1. The fourth-order valence-corrected chi connectivity index (χ4v) is 9.98. The standard InChI is InChI=1S/C30H29FN7O3P/c1-21-28-30(36(33-21)23-7-3-2-4-8-23)32-29(26-9-5-6-10-27(26)31)37(24-15-16-24)42(28,35-17-19-41-20-18-35)34-22-11-13-25(14-12-22)38(39)40/h2-14,24H,15-20H2,1H3. The van der Waals surface area contributed by atoms with Crippen LogP contribution in [0.1, 0.15) is 24.1 Å². The molecule has 12 heteroatoms. The SMILES string of the molecule is Cc1nn(-c2ccccc2)c2c1P(=Nc1ccc([N+](=O)[O-])cc1)(N1CCOCC1)N(C1CC1)C(c1ccccc1F)=N2. The number of rotatable bonds is 6. The van der Waals surface area contributed by atoms with Gasteiger partial charge in [-0.15, -0.1) is 0 Å². The van der Waals surface area contributed by atoms with Crippen molar-refractivity contribution in [1.82, 2.24) is 19.1 Å². The molecular weight excluding hydrogens is 556 g/mol. The van der Waals surface area contributed by atoms with Gasteiger partial charge in [0.05, 0.1) is 46.1 Å². The van der Waals surface area contributed by atoms with E-state index in [1.807, 2.05) is 48.0 Å². The van der Waals surface area contributed by atoms with Crippen LogP contribution in [0, 0.1) is 22.9 Å². The quantitative estimate of drug-likeness (QED) is 0.154. The van der Waals surface area contributed by atoms with E-state index in [1.54, 1.807) is 24.3 Å². The molecular formula is C30H29FN7O3P. The molecule has 214 valence electrons. The van der Waals surface area contributed by atoms with Crippen molar-refractivity contribution in [2.75, 3.05) is 26.3 Å². The minimum atomic E-state index is -2.94. The lowest BCUT2D eigenvalue weighted by Gasteiger charge is -2.48. The largest absolute Gasteiger partial charge is 0.379 e. The molecule has 1 unspecified atom stereocenters. The first kappa shape index (κ1) is 26.7. The van der Waals surface area contributed by atoms with Gasteiger partial charge in [0.15, 0.2) is 13.2 Å². The van der Waals surface area contributed by atoms with Crippen LogP contribution in [0.15, 0.2) is 88.6 Å². The molecule has 1 saturated carbocycles. The first-order valence-electron chi connectivity index (χ1n) is 14.0. The number of nitro groups is 1. The molecule has 3 aromatic carbocycles. The molecule has 0 N–H and O–H groups in total. The summed E-state index contributed by atoms with van der Waals surface area (Å²) in [7, 11) is -2.94. The fourth-order valence-electron chi connectivity index (χ4n) is 5.72. The number of amidine groups is 1. The van der Waals surface area contributed by atoms with Crippen LogP contribution in [-0.2, 0) is 4.74 Å². The second kappa shape index (κ2) is 10.6. The molecule has 2 aliphatic heterocycles. The molecule has 0 radical (unpaired) electrons. The van der Waals surface area contributed by atoms with E-state index in [9.17, 15) is 10.1 Å². The first-order chi connectivity index (χ1) is 20.5. The average molecular weight is 586 g/mol. The van der Waals surface area contributed by atoms with Gasteiger partial charge in [-0.25, -0.2) is 23.5 Å². The van der Waals surface area contributed by atoms with E-state index < -0.39 is 12.3 Å². The highest BCUT2D eigenvalue weighted by Crippen LogP contribution is 2.65. The number of aromatic nitrogens is 2. The van der Waals surface area contributed by atoms with Crippen LogP contribution in [0.5, 0.6) is 0 Å². The van der Waals surface area contributed by atoms with Gasteiger partial charge in [-0.2, -0.15) is 5.10 Å². The molecule has 42 heavy (non-hydrogen) atoms. The van der Waals surface area contributed by atoms with Crippen LogP contribution in [0.2, 0.25) is 0 Å². The smallest absolute Gasteiger partial charge is 0.269 e. The Balaban J connectivity index is 1.59. The molecule has 1 aliphatic carbocycles. The normalized spacial score (nSPS) is 20.6. The van der Waals surface area contributed by atoms with Crippen LogP contribution in [-0.4, -0.2) is 62.2 Å². The van der Waals surface area contributed by atoms with Crippen LogP contribution in [0.25, 0.3) is 5.69 Å². The minimum absolute atomic E-state index is 0.00206. The van der Waals surface area contributed by atoms with Crippen LogP contribution in [0.4, 0.5) is 21.6 Å².